The summed E-state index contributed by atoms with van der Waals surface area (Å²) in [6.45, 7) is 5.04. The molecular weight excluding hydrogens is 306 g/mol. The SMILES string of the molecule is Cc1noc(C)c1S(=O)(=O)Nc1ccc(N2CCCC2)nn1. The number of anilines is 2. The van der Waals surface area contributed by atoms with Gasteiger partial charge in [0.05, 0.1) is 0 Å². The Bertz CT molecular complexity index is 744. The Labute approximate surface area is 128 Å². The molecule has 1 saturated heterocycles. The van der Waals surface area contributed by atoms with Crippen molar-refractivity contribution in [2.45, 2.75) is 31.6 Å². The number of rotatable bonds is 4. The zero-order valence-electron chi connectivity index (χ0n) is 12.4. The van der Waals surface area contributed by atoms with Crippen LogP contribution < -0.4 is 9.62 Å². The molecule has 0 aliphatic carbocycles. The molecule has 0 radical (unpaired) electrons. The molecule has 0 aromatic carbocycles. The third-order valence-corrected chi connectivity index (χ3v) is 5.15. The molecule has 3 heterocycles. The Morgan fingerprint density at radius 3 is 2.45 bits per heavy atom. The van der Waals surface area contributed by atoms with Gasteiger partial charge in [0.1, 0.15) is 5.69 Å². The van der Waals surface area contributed by atoms with Gasteiger partial charge in [0, 0.05) is 13.1 Å². The van der Waals surface area contributed by atoms with Crippen molar-refractivity contribution in [3.8, 4) is 0 Å². The largest absolute Gasteiger partial charge is 0.360 e. The van der Waals surface area contributed by atoms with Crippen LogP contribution in [-0.4, -0.2) is 36.9 Å². The van der Waals surface area contributed by atoms with Gasteiger partial charge in [-0.1, -0.05) is 5.16 Å². The first-order chi connectivity index (χ1) is 10.5. The Morgan fingerprint density at radius 2 is 1.91 bits per heavy atom. The van der Waals surface area contributed by atoms with Crippen molar-refractivity contribution in [1.29, 1.82) is 0 Å². The second kappa shape index (κ2) is 5.56. The predicted molar refractivity (Wildman–Crippen MR) is 80.3 cm³/mol. The molecule has 2 aromatic rings. The van der Waals surface area contributed by atoms with Crippen LogP contribution in [0.5, 0.6) is 0 Å². The number of hydrogen-bond acceptors (Lipinski definition) is 7. The average molecular weight is 323 g/mol. The van der Waals surface area contributed by atoms with Crippen molar-refractivity contribution in [2.24, 2.45) is 0 Å². The van der Waals surface area contributed by atoms with E-state index in [9.17, 15) is 8.42 Å². The number of nitrogens with zero attached hydrogens (tertiary/aromatic N) is 4. The lowest BCUT2D eigenvalue weighted by Gasteiger charge is -2.15. The molecule has 8 nitrogen and oxygen atoms in total. The van der Waals surface area contributed by atoms with E-state index in [0.717, 1.165) is 31.7 Å². The topological polar surface area (TPSA) is 101 Å². The minimum Gasteiger partial charge on any atom is -0.360 e. The fourth-order valence-corrected chi connectivity index (χ4v) is 3.87. The van der Waals surface area contributed by atoms with Gasteiger partial charge in [0.25, 0.3) is 10.0 Å². The maximum Gasteiger partial charge on any atom is 0.268 e. The minimum atomic E-state index is -3.79. The first kappa shape index (κ1) is 14.8. The van der Waals surface area contributed by atoms with Gasteiger partial charge in [-0.2, -0.15) is 0 Å². The second-order valence-corrected chi connectivity index (χ2v) is 6.85. The van der Waals surface area contributed by atoms with Crippen LogP contribution in [0.2, 0.25) is 0 Å². The highest BCUT2D eigenvalue weighted by atomic mass is 32.2. The van der Waals surface area contributed by atoms with Crippen molar-refractivity contribution in [3.63, 3.8) is 0 Å². The molecule has 9 heteroatoms. The van der Waals surface area contributed by atoms with E-state index >= 15 is 0 Å². The van der Waals surface area contributed by atoms with Crippen molar-refractivity contribution < 1.29 is 12.9 Å². The number of sulfonamides is 1. The normalized spacial score (nSPS) is 15.3. The molecule has 0 unspecified atom stereocenters. The summed E-state index contributed by atoms with van der Waals surface area (Å²) in [6, 6.07) is 3.37. The first-order valence-corrected chi connectivity index (χ1v) is 8.50. The lowest BCUT2D eigenvalue weighted by molar-refractivity contribution is 0.390. The summed E-state index contributed by atoms with van der Waals surface area (Å²) in [7, 11) is -3.79. The Kier molecular flexibility index (Phi) is 3.73. The number of hydrogen-bond donors (Lipinski definition) is 1. The summed E-state index contributed by atoms with van der Waals surface area (Å²) < 4.78 is 32.0. The highest BCUT2D eigenvalue weighted by Gasteiger charge is 2.25. The quantitative estimate of drug-likeness (QED) is 0.909. The van der Waals surface area contributed by atoms with Crippen LogP contribution in [0, 0.1) is 13.8 Å². The number of aromatic nitrogens is 3. The third-order valence-electron chi connectivity index (χ3n) is 3.56. The first-order valence-electron chi connectivity index (χ1n) is 7.02. The molecule has 2 aromatic heterocycles. The Balaban J connectivity index is 1.80. The Morgan fingerprint density at radius 1 is 1.18 bits per heavy atom. The maximum absolute atomic E-state index is 12.4. The molecule has 3 rings (SSSR count). The summed E-state index contributed by atoms with van der Waals surface area (Å²) in [5.41, 5.74) is 0.312. The molecule has 1 aliphatic rings. The molecule has 0 saturated carbocycles. The van der Waals surface area contributed by atoms with Crippen LogP contribution in [0.4, 0.5) is 11.6 Å². The monoisotopic (exact) mass is 323 g/mol. The van der Waals surface area contributed by atoms with E-state index in [1.54, 1.807) is 26.0 Å². The molecule has 1 aliphatic heterocycles. The van der Waals surface area contributed by atoms with E-state index in [2.05, 4.69) is 25.0 Å². The second-order valence-electron chi connectivity index (χ2n) is 5.23. The maximum atomic E-state index is 12.4. The molecule has 0 spiro atoms. The lowest BCUT2D eigenvalue weighted by Crippen LogP contribution is -2.20. The standard InChI is InChI=1S/C13H17N5O3S/c1-9-13(10(2)21-16-9)22(19,20)17-11-5-6-12(15-14-11)18-7-3-4-8-18/h5-6H,3-4,7-8H2,1-2H3,(H,14,17). The lowest BCUT2D eigenvalue weighted by atomic mass is 10.4. The van der Waals surface area contributed by atoms with Crippen LogP contribution in [0.15, 0.2) is 21.6 Å². The molecule has 0 atom stereocenters. The van der Waals surface area contributed by atoms with E-state index in [1.807, 2.05) is 0 Å². The zero-order chi connectivity index (χ0) is 15.7. The fraction of sp³-hybridized carbons (Fsp3) is 0.462. The van der Waals surface area contributed by atoms with Crippen molar-refractivity contribution in [3.05, 3.63) is 23.6 Å². The van der Waals surface area contributed by atoms with Gasteiger partial charge < -0.3 is 9.42 Å². The van der Waals surface area contributed by atoms with Gasteiger partial charge >= 0.3 is 0 Å². The Hall–Kier alpha value is -2.16. The third kappa shape index (κ3) is 2.76. The van der Waals surface area contributed by atoms with E-state index in [-0.39, 0.29) is 16.5 Å². The fourth-order valence-electron chi connectivity index (χ4n) is 2.54. The van der Waals surface area contributed by atoms with Crippen molar-refractivity contribution >= 4 is 21.7 Å². The van der Waals surface area contributed by atoms with Crippen LogP contribution >= 0.6 is 0 Å². The molecule has 0 amide bonds. The molecule has 1 fully saturated rings. The summed E-state index contributed by atoms with van der Waals surface area (Å²) in [4.78, 5) is 2.16. The molecule has 1 N–H and O–H groups in total. The van der Waals surface area contributed by atoms with E-state index < -0.39 is 10.0 Å². The summed E-state index contributed by atoms with van der Waals surface area (Å²) in [5, 5.41) is 11.7. The molecule has 118 valence electrons. The van der Waals surface area contributed by atoms with Crippen LogP contribution in [0.1, 0.15) is 24.3 Å². The number of aryl methyl sites for hydroxylation is 2. The highest BCUT2D eigenvalue weighted by Crippen LogP contribution is 2.22. The molecule has 22 heavy (non-hydrogen) atoms. The summed E-state index contributed by atoms with van der Waals surface area (Å²) in [6.07, 6.45) is 2.28. The smallest absolute Gasteiger partial charge is 0.268 e. The van der Waals surface area contributed by atoms with Crippen LogP contribution in [0.3, 0.4) is 0 Å². The van der Waals surface area contributed by atoms with Crippen molar-refractivity contribution in [1.82, 2.24) is 15.4 Å². The average Bonchev–Trinajstić information content (AvgIpc) is 3.09. The van der Waals surface area contributed by atoms with Gasteiger partial charge in [0.15, 0.2) is 22.3 Å². The minimum absolute atomic E-state index is 0.0397. The molecular formula is C13H17N5O3S. The van der Waals surface area contributed by atoms with Gasteiger partial charge in [0.2, 0.25) is 0 Å². The van der Waals surface area contributed by atoms with E-state index in [1.165, 1.54) is 0 Å². The van der Waals surface area contributed by atoms with Gasteiger partial charge in [-0.3, -0.25) is 4.72 Å². The van der Waals surface area contributed by atoms with Gasteiger partial charge in [-0.05, 0) is 38.8 Å². The summed E-state index contributed by atoms with van der Waals surface area (Å²) >= 11 is 0. The van der Waals surface area contributed by atoms with Gasteiger partial charge in [-0.25, -0.2) is 8.42 Å². The number of nitrogens with one attached hydrogen (secondary N) is 1. The predicted octanol–water partition coefficient (Wildman–Crippen LogP) is 1.48. The van der Waals surface area contributed by atoms with E-state index in [4.69, 9.17) is 4.52 Å². The zero-order valence-corrected chi connectivity index (χ0v) is 13.2. The summed E-state index contributed by atoms with van der Waals surface area (Å²) in [5.74, 6) is 1.17. The molecule has 0 bridgehead atoms. The van der Waals surface area contributed by atoms with E-state index in [0.29, 0.717) is 5.69 Å². The van der Waals surface area contributed by atoms with Gasteiger partial charge in [-0.15, -0.1) is 10.2 Å². The highest BCUT2D eigenvalue weighted by molar-refractivity contribution is 7.92. The van der Waals surface area contributed by atoms with Crippen LogP contribution in [0.25, 0.3) is 0 Å². The van der Waals surface area contributed by atoms with Crippen LogP contribution in [-0.2, 0) is 10.0 Å². The van der Waals surface area contributed by atoms with Crippen molar-refractivity contribution in [2.75, 3.05) is 22.7 Å².